The van der Waals surface area contributed by atoms with Gasteiger partial charge in [-0.1, -0.05) is 6.07 Å². The second kappa shape index (κ2) is 6.41. The molecule has 2 heterocycles. The monoisotopic (exact) mass is 308 g/mol. The fourth-order valence-electron chi connectivity index (χ4n) is 2.52. The van der Waals surface area contributed by atoms with Gasteiger partial charge in [-0.05, 0) is 48.4 Å². The molecule has 1 aromatic carbocycles. The third kappa shape index (κ3) is 3.43. The molecule has 116 valence electrons. The van der Waals surface area contributed by atoms with Crippen LogP contribution < -0.4 is 10.1 Å². The highest BCUT2D eigenvalue weighted by Crippen LogP contribution is 2.29. The summed E-state index contributed by atoms with van der Waals surface area (Å²) in [4.78, 5) is 12.1. The Balaban J connectivity index is 1.73. The second-order valence-electron chi connectivity index (χ2n) is 5.43. The lowest BCUT2D eigenvalue weighted by atomic mass is 10.0. The Morgan fingerprint density at radius 2 is 2.35 bits per heavy atom. The van der Waals surface area contributed by atoms with Crippen LogP contribution in [0.5, 0.6) is 5.75 Å². The number of nitrogens with zero attached hydrogens (tertiary/aromatic N) is 1. The third-order valence-electron chi connectivity index (χ3n) is 3.60. The molecule has 5 nitrogen and oxygen atoms in total. The average Bonchev–Trinajstić information content (AvgIpc) is 3.18. The molecule has 0 unspecified atom stereocenters. The van der Waals surface area contributed by atoms with E-state index in [1.807, 2.05) is 31.2 Å². The van der Waals surface area contributed by atoms with Gasteiger partial charge in [0, 0.05) is 6.42 Å². The zero-order chi connectivity index (χ0) is 16.2. The first-order valence-corrected chi connectivity index (χ1v) is 7.37. The molecule has 1 aliphatic heterocycles. The van der Waals surface area contributed by atoms with Crippen molar-refractivity contribution in [3.05, 3.63) is 59.1 Å². The number of fused-ring (bicyclic) bond motifs is 1. The van der Waals surface area contributed by atoms with Crippen LogP contribution in [-0.4, -0.2) is 12.0 Å². The Morgan fingerprint density at radius 3 is 3.09 bits per heavy atom. The van der Waals surface area contributed by atoms with Crippen LogP contribution in [0.25, 0.3) is 6.08 Å². The predicted molar refractivity (Wildman–Crippen MR) is 84.4 cm³/mol. The minimum absolute atomic E-state index is 0.0588. The smallest absolute Gasteiger partial charge is 0.262 e. The summed E-state index contributed by atoms with van der Waals surface area (Å²) >= 11 is 0. The second-order valence-corrected chi connectivity index (χ2v) is 5.43. The maximum absolute atomic E-state index is 12.1. The molecule has 0 saturated heterocycles. The lowest BCUT2D eigenvalue weighted by molar-refractivity contribution is -0.117. The predicted octanol–water partition coefficient (Wildman–Crippen LogP) is 2.83. The van der Waals surface area contributed by atoms with Crippen molar-refractivity contribution in [2.24, 2.45) is 0 Å². The van der Waals surface area contributed by atoms with E-state index in [0.29, 0.717) is 5.76 Å². The van der Waals surface area contributed by atoms with Crippen LogP contribution in [-0.2, 0) is 17.8 Å². The van der Waals surface area contributed by atoms with Crippen molar-refractivity contribution in [2.75, 3.05) is 0 Å². The van der Waals surface area contributed by atoms with Crippen molar-refractivity contribution in [3.63, 3.8) is 0 Å². The normalized spacial score (nSPS) is 16.3. The first-order chi connectivity index (χ1) is 11.2. The van der Waals surface area contributed by atoms with Crippen LogP contribution in [0.3, 0.4) is 0 Å². The highest BCUT2D eigenvalue weighted by molar-refractivity contribution is 6.01. The minimum atomic E-state index is -0.422. The molecule has 3 rings (SSSR count). The molecule has 1 aromatic heterocycles. The Kier molecular flexibility index (Phi) is 4.15. The standard InChI is InChI=1S/C18H16N2O3/c1-12-7-14-8-13(4-5-17(14)23-12)9-15(10-19)18(21)20-11-16-3-2-6-22-16/h2-6,8-9,12H,7,11H2,1H3,(H,20,21)/b15-9-/t12-/m1/s1. The van der Waals surface area contributed by atoms with Crippen LogP contribution in [0.4, 0.5) is 0 Å². The number of ether oxygens (including phenoxy) is 1. The molecule has 1 atom stereocenters. The molecule has 23 heavy (non-hydrogen) atoms. The van der Waals surface area contributed by atoms with E-state index in [2.05, 4.69) is 5.32 Å². The van der Waals surface area contributed by atoms with Crippen molar-refractivity contribution in [2.45, 2.75) is 26.0 Å². The molecular formula is C18H16N2O3. The van der Waals surface area contributed by atoms with Crippen molar-refractivity contribution in [1.29, 1.82) is 5.26 Å². The number of hydrogen-bond donors (Lipinski definition) is 1. The summed E-state index contributed by atoms with van der Waals surface area (Å²) in [5.41, 5.74) is 1.97. The van der Waals surface area contributed by atoms with Crippen molar-refractivity contribution >= 4 is 12.0 Å². The molecule has 1 aliphatic rings. The van der Waals surface area contributed by atoms with Crippen LogP contribution >= 0.6 is 0 Å². The first-order valence-electron chi connectivity index (χ1n) is 7.37. The first kappa shape index (κ1) is 14.9. The molecule has 2 aromatic rings. The SMILES string of the molecule is C[C@@H]1Cc2cc(/C=C(/C#N)C(=O)NCc3ccco3)ccc2O1. The summed E-state index contributed by atoms with van der Waals surface area (Å²) in [5.74, 6) is 1.09. The molecule has 5 heteroatoms. The van der Waals surface area contributed by atoms with Gasteiger partial charge in [-0.25, -0.2) is 0 Å². The van der Waals surface area contributed by atoms with E-state index in [9.17, 15) is 10.1 Å². The summed E-state index contributed by atoms with van der Waals surface area (Å²) in [6.45, 7) is 2.26. The van der Waals surface area contributed by atoms with Gasteiger partial charge in [0.15, 0.2) is 0 Å². The minimum Gasteiger partial charge on any atom is -0.490 e. The van der Waals surface area contributed by atoms with Gasteiger partial charge in [-0.15, -0.1) is 0 Å². The summed E-state index contributed by atoms with van der Waals surface area (Å²) in [6.07, 6.45) is 4.12. The quantitative estimate of drug-likeness (QED) is 0.696. The molecule has 0 spiro atoms. The highest BCUT2D eigenvalue weighted by atomic mass is 16.5. The highest BCUT2D eigenvalue weighted by Gasteiger charge is 2.19. The lowest BCUT2D eigenvalue weighted by Crippen LogP contribution is -2.23. The molecule has 0 fully saturated rings. The molecule has 0 aliphatic carbocycles. The topological polar surface area (TPSA) is 75.3 Å². The van der Waals surface area contributed by atoms with Crippen molar-refractivity contribution in [3.8, 4) is 11.8 Å². The van der Waals surface area contributed by atoms with E-state index < -0.39 is 5.91 Å². The van der Waals surface area contributed by atoms with Gasteiger partial charge in [0.1, 0.15) is 29.3 Å². The number of carbonyl (C=O) groups excluding carboxylic acids is 1. The molecule has 0 bridgehead atoms. The van der Waals surface area contributed by atoms with Crippen LogP contribution in [0.1, 0.15) is 23.8 Å². The number of rotatable bonds is 4. The number of nitriles is 1. The lowest BCUT2D eigenvalue weighted by Gasteiger charge is -2.03. The summed E-state index contributed by atoms with van der Waals surface area (Å²) in [5, 5.41) is 11.9. The molecule has 0 radical (unpaired) electrons. The van der Waals surface area contributed by atoms with E-state index in [-0.39, 0.29) is 18.2 Å². The Hall–Kier alpha value is -3.00. The maximum Gasteiger partial charge on any atom is 0.262 e. The van der Waals surface area contributed by atoms with Crippen LogP contribution in [0, 0.1) is 11.3 Å². The molecular weight excluding hydrogens is 292 g/mol. The van der Waals surface area contributed by atoms with Gasteiger partial charge in [-0.3, -0.25) is 4.79 Å². The number of hydrogen-bond acceptors (Lipinski definition) is 4. The molecule has 0 saturated carbocycles. The van der Waals surface area contributed by atoms with E-state index in [0.717, 1.165) is 23.3 Å². The molecule has 1 N–H and O–H groups in total. The van der Waals surface area contributed by atoms with Gasteiger partial charge < -0.3 is 14.5 Å². The summed E-state index contributed by atoms with van der Waals surface area (Å²) in [6, 6.07) is 11.1. The van der Waals surface area contributed by atoms with E-state index in [1.54, 1.807) is 18.2 Å². The number of nitrogens with one attached hydrogen (secondary N) is 1. The number of furan rings is 1. The Bertz CT molecular complexity index is 785. The van der Waals surface area contributed by atoms with E-state index >= 15 is 0 Å². The summed E-state index contributed by atoms with van der Waals surface area (Å²) in [7, 11) is 0. The van der Waals surface area contributed by atoms with Gasteiger partial charge in [0.2, 0.25) is 0 Å². The summed E-state index contributed by atoms with van der Waals surface area (Å²) < 4.78 is 10.8. The van der Waals surface area contributed by atoms with Gasteiger partial charge >= 0.3 is 0 Å². The number of carbonyl (C=O) groups is 1. The Labute approximate surface area is 134 Å². The van der Waals surface area contributed by atoms with E-state index in [1.165, 1.54) is 6.26 Å². The van der Waals surface area contributed by atoms with Gasteiger partial charge in [0.05, 0.1) is 12.8 Å². The number of amides is 1. The van der Waals surface area contributed by atoms with Crippen molar-refractivity contribution in [1.82, 2.24) is 5.32 Å². The van der Waals surface area contributed by atoms with Crippen LogP contribution in [0.2, 0.25) is 0 Å². The third-order valence-corrected chi connectivity index (χ3v) is 3.60. The fraction of sp³-hybridized carbons (Fsp3) is 0.222. The molecule has 1 amide bonds. The van der Waals surface area contributed by atoms with Crippen LogP contribution in [0.15, 0.2) is 46.6 Å². The largest absolute Gasteiger partial charge is 0.490 e. The zero-order valence-electron chi connectivity index (χ0n) is 12.7. The van der Waals surface area contributed by atoms with E-state index in [4.69, 9.17) is 9.15 Å². The maximum atomic E-state index is 12.1. The zero-order valence-corrected chi connectivity index (χ0v) is 12.7. The fourth-order valence-corrected chi connectivity index (χ4v) is 2.52. The van der Waals surface area contributed by atoms with Crippen molar-refractivity contribution < 1.29 is 13.9 Å². The Morgan fingerprint density at radius 1 is 1.48 bits per heavy atom. The van der Waals surface area contributed by atoms with Gasteiger partial charge in [-0.2, -0.15) is 5.26 Å². The van der Waals surface area contributed by atoms with Gasteiger partial charge in [0.25, 0.3) is 5.91 Å². The average molecular weight is 308 g/mol. The number of benzene rings is 1.